The Balaban J connectivity index is 1.46. The molecule has 2 aromatic carbocycles. The Morgan fingerprint density at radius 2 is 1.87 bits per heavy atom. The number of hydrogen-bond donors (Lipinski definition) is 2. The molecule has 1 saturated heterocycles. The van der Waals surface area contributed by atoms with Crippen LogP contribution in [0.5, 0.6) is 0 Å². The highest BCUT2D eigenvalue weighted by atomic mass is 32.2. The van der Waals surface area contributed by atoms with Crippen molar-refractivity contribution in [3.05, 3.63) is 70.6 Å². The third-order valence-electron chi connectivity index (χ3n) is 4.83. The summed E-state index contributed by atoms with van der Waals surface area (Å²) in [6, 6.07) is 14.0. The maximum absolute atomic E-state index is 12.5. The van der Waals surface area contributed by atoms with E-state index in [9.17, 15) is 18.0 Å². The molecule has 0 bridgehead atoms. The number of carbonyl (C=O) groups is 1. The van der Waals surface area contributed by atoms with E-state index >= 15 is 0 Å². The lowest BCUT2D eigenvalue weighted by Gasteiger charge is -2.12. The van der Waals surface area contributed by atoms with Crippen molar-refractivity contribution in [2.45, 2.75) is 23.8 Å². The van der Waals surface area contributed by atoms with Crippen LogP contribution in [0.1, 0.15) is 23.2 Å². The number of carbonyl (C=O) groups excluding carboxylic acids is 1. The van der Waals surface area contributed by atoms with Crippen LogP contribution in [0.15, 0.2) is 68.7 Å². The van der Waals surface area contributed by atoms with Crippen molar-refractivity contribution in [3.8, 4) is 0 Å². The summed E-state index contributed by atoms with van der Waals surface area (Å²) >= 11 is 0. The van der Waals surface area contributed by atoms with Crippen LogP contribution in [0.3, 0.4) is 0 Å². The summed E-state index contributed by atoms with van der Waals surface area (Å²) in [5, 5.41) is 3.21. The zero-order chi connectivity index (χ0) is 21.1. The molecule has 0 radical (unpaired) electrons. The van der Waals surface area contributed by atoms with Gasteiger partial charge in [-0.25, -0.2) is 17.9 Å². The Hall–Kier alpha value is -3.01. The number of hydrogen-bond acceptors (Lipinski definition) is 6. The highest BCUT2D eigenvalue weighted by Gasteiger charge is 2.20. The summed E-state index contributed by atoms with van der Waals surface area (Å²) in [7, 11) is -3.68. The van der Waals surface area contributed by atoms with E-state index in [0.717, 1.165) is 12.8 Å². The fraction of sp³-hybridized carbons (Fsp3) is 0.238. The maximum atomic E-state index is 12.5. The van der Waals surface area contributed by atoms with Crippen molar-refractivity contribution < 1.29 is 22.4 Å². The molecule has 1 aromatic heterocycles. The third-order valence-corrected chi connectivity index (χ3v) is 6.27. The zero-order valence-electron chi connectivity index (χ0n) is 16.0. The van der Waals surface area contributed by atoms with E-state index in [1.807, 2.05) is 0 Å². The molecule has 0 spiro atoms. The molecular formula is C21H20N2O6S. The van der Waals surface area contributed by atoms with Gasteiger partial charge < -0.3 is 14.5 Å². The second-order valence-corrected chi connectivity index (χ2v) is 8.72. The van der Waals surface area contributed by atoms with Crippen LogP contribution in [0, 0.1) is 0 Å². The van der Waals surface area contributed by atoms with E-state index < -0.39 is 21.6 Å². The number of anilines is 1. The number of sulfonamides is 1. The Labute approximate surface area is 172 Å². The molecule has 9 heteroatoms. The average molecular weight is 428 g/mol. The van der Waals surface area contributed by atoms with Crippen molar-refractivity contribution in [2.75, 3.05) is 18.5 Å². The summed E-state index contributed by atoms with van der Waals surface area (Å²) in [5.74, 6) is -0.637. The number of ether oxygens (including phenoxy) is 1. The van der Waals surface area contributed by atoms with Gasteiger partial charge in [-0.15, -0.1) is 0 Å². The van der Waals surface area contributed by atoms with Crippen LogP contribution in [-0.4, -0.2) is 33.6 Å². The summed E-state index contributed by atoms with van der Waals surface area (Å²) < 4.78 is 37.9. The van der Waals surface area contributed by atoms with E-state index in [-0.39, 0.29) is 23.1 Å². The van der Waals surface area contributed by atoms with Gasteiger partial charge in [0, 0.05) is 24.2 Å². The molecule has 3 aromatic rings. The molecule has 2 heterocycles. The van der Waals surface area contributed by atoms with Crippen LogP contribution in [0.4, 0.5) is 5.69 Å². The summed E-state index contributed by atoms with van der Waals surface area (Å²) in [4.78, 5) is 24.7. The van der Waals surface area contributed by atoms with E-state index in [1.165, 1.54) is 30.3 Å². The minimum Gasteiger partial charge on any atom is -0.422 e. The van der Waals surface area contributed by atoms with Crippen LogP contribution >= 0.6 is 0 Å². The van der Waals surface area contributed by atoms with Crippen LogP contribution in [0.25, 0.3) is 11.0 Å². The van der Waals surface area contributed by atoms with Gasteiger partial charge in [0.05, 0.1) is 11.0 Å². The first-order chi connectivity index (χ1) is 14.4. The van der Waals surface area contributed by atoms with Crippen LogP contribution in [-0.2, 0) is 14.8 Å². The number of rotatable bonds is 6. The Morgan fingerprint density at radius 3 is 2.60 bits per heavy atom. The quantitative estimate of drug-likeness (QED) is 0.583. The number of benzene rings is 2. The molecule has 30 heavy (non-hydrogen) atoms. The van der Waals surface area contributed by atoms with Crippen molar-refractivity contribution in [3.63, 3.8) is 0 Å². The first-order valence-corrected chi connectivity index (χ1v) is 11.0. The largest absolute Gasteiger partial charge is 0.422 e. The third kappa shape index (κ3) is 4.43. The average Bonchev–Trinajstić information content (AvgIpc) is 3.26. The predicted octanol–water partition coefficient (Wildman–Crippen LogP) is 2.50. The van der Waals surface area contributed by atoms with Gasteiger partial charge in [0.25, 0.3) is 5.91 Å². The Kier molecular flexibility index (Phi) is 5.67. The van der Waals surface area contributed by atoms with Crippen LogP contribution < -0.4 is 15.7 Å². The lowest BCUT2D eigenvalue weighted by atomic mass is 10.1. The van der Waals surface area contributed by atoms with Gasteiger partial charge in [0.15, 0.2) is 0 Å². The molecule has 8 nitrogen and oxygen atoms in total. The lowest BCUT2D eigenvalue weighted by Crippen LogP contribution is -2.31. The molecule has 2 N–H and O–H groups in total. The first kappa shape index (κ1) is 20.3. The molecule has 156 valence electrons. The standard InChI is InChI=1S/C21H20N2O6S/c24-20(18-12-14-4-1-2-6-19(14)29-21(18)25)23-15-7-9-17(10-8-15)30(26,27)22-13-16-5-3-11-28-16/h1-2,4,6-10,12,16,22H,3,5,11,13H2,(H,23,24)/t16-/m0/s1. The van der Waals surface area contributed by atoms with Crippen molar-refractivity contribution in [1.29, 1.82) is 0 Å². The lowest BCUT2D eigenvalue weighted by molar-refractivity contribution is 0.102. The highest BCUT2D eigenvalue weighted by molar-refractivity contribution is 7.89. The van der Waals surface area contributed by atoms with Gasteiger partial charge in [0.1, 0.15) is 11.1 Å². The molecule has 0 unspecified atom stereocenters. The Morgan fingerprint density at radius 1 is 1.10 bits per heavy atom. The van der Waals surface area contributed by atoms with E-state index in [1.54, 1.807) is 24.3 Å². The summed E-state index contributed by atoms with van der Waals surface area (Å²) in [6.45, 7) is 0.870. The molecule has 4 rings (SSSR count). The van der Waals surface area contributed by atoms with Crippen LogP contribution in [0.2, 0.25) is 0 Å². The minimum absolute atomic E-state index is 0.0729. The van der Waals surface area contributed by atoms with Gasteiger partial charge in [0.2, 0.25) is 10.0 Å². The molecular weight excluding hydrogens is 408 g/mol. The number of para-hydroxylation sites is 1. The van der Waals surface area contributed by atoms with Gasteiger partial charge in [-0.1, -0.05) is 18.2 Å². The zero-order valence-corrected chi connectivity index (χ0v) is 16.8. The minimum atomic E-state index is -3.68. The number of nitrogens with one attached hydrogen (secondary N) is 2. The first-order valence-electron chi connectivity index (χ1n) is 9.48. The van der Waals surface area contributed by atoms with E-state index in [4.69, 9.17) is 9.15 Å². The molecule has 1 aliphatic rings. The van der Waals surface area contributed by atoms with Crippen molar-refractivity contribution in [1.82, 2.24) is 4.72 Å². The number of amides is 1. The molecule has 1 atom stereocenters. The monoisotopic (exact) mass is 428 g/mol. The van der Waals surface area contributed by atoms with Gasteiger partial charge in [-0.3, -0.25) is 4.79 Å². The molecule has 1 fully saturated rings. The second kappa shape index (κ2) is 8.39. The fourth-order valence-corrected chi connectivity index (χ4v) is 4.29. The van der Waals surface area contributed by atoms with Gasteiger partial charge in [-0.2, -0.15) is 0 Å². The molecule has 1 aliphatic heterocycles. The van der Waals surface area contributed by atoms with Gasteiger partial charge in [-0.05, 0) is 49.2 Å². The smallest absolute Gasteiger partial charge is 0.349 e. The highest BCUT2D eigenvalue weighted by Crippen LogP contribution is 2.17. The predicted molar refractivity (Wildman–Crippen MR) is 111 cm³/mol. The maximum Gasteiger partial charge on any atom is 0.349 e. The summed E-state index contributed by atoms with van der Waals surface area (Å²) in [5.41, 5.74) is -0.137. The fourth-order valence-electron chi connectivity index (χ4n) is 3.23. The normalized spacial score (nSPS) is 16.6. The van der Waals surface area contributed by atoms with Crippen molar-refractivity contribution in [2.24, 2.45) is 0 Å². The number of fused-ring (bicyclic) bond motifs is 1. The summed E-state index contributed by atoms with van der Waals surface area (Å²) in [6.07, 6.45) is 1.65. The van der Waals surface area contributed by atoms with E-state index in [0.29, 0.717) is 23.3 Å². The molecule has 0 aliphatic carbocycles. The van der Waals surface area contributed by atoms with Crippen molar-refractivity contribution >= 4 is 32.6 Å². The SMILES string of the molecule is O=C(Nc1ccc(S(=O)(=O)NC[C@@H]2CCCO2)cc1)c1cc2ccccc2oc1=O. The second-order valence-electron chi connectivity index (χ2n) is 6.95. The topological polar surface area (TPSA) is 115 Å². The van der Waals surface area contributed by atoms with E-state index in [2.05, 4.69) is 10.0 Å². The Bertz CT molecular complexity index is 1230. The van der Waals surface area contributed by atoms with Gasteiger partial charge >= 0.3 is 5.63 Å². The molecule has 1 amide bonds. The molecule has 0 saturated carbocycles.